The van der Waals surface area contributed by atoms with Gasteiger partial charge in [0, 0.05) is 13.0 Å². The Morgan fingerprint density at radius 2 is 1.64 bits per heavy atom. The Morgan fingerprint density at radius 3 is 2.09 bits per heavy atom. The molecule has 0 atom stereocenters. The van der Waals surface area contributed by atoms with E-state index in [2.05, 4.69) is 0 Å². The average molecular weight is 351 g/mol. The number of hydrogen-bond donors (Lipinski definition) is 2. The predicted molar refractivity (Wildman–Crippen MR) is 71.0 cm³/mol. The number of carbonyl (C=O) groups is 3. The van der Waals surface area contributed by atoms with E-state index in [9.17, 15) is 22.8 Å². The summed E-state index contributed by atoms with van der Waals surface area (Å²) in [5, 5.41) is 1.97. The molecule has 0 fully saturated rings. The fourth-order valence-electron chi connectivity index (χ4n) is 1.92. The zero-order valence-electron chi connectivity index (χ0n) is 11.8. The van der Waals surface area contributed by atoms with Gasteiger partial charge in [-0.2, -0.15) is 8.42 Å². The van der Waals surface area contributed by atoms with Crippen molar-refractivity contribution < 1.29 is 78.7 Å². The fourth-order valence-corrected chi connectivity index (χ4v) is 2.26. The standard InChI is InChI=1S/C12H12N2O6S.K/c15-10(13-7-21(18,19)20)5-6-14-11(16)8-3-1-2-4-9(8)12(14)17;/h1-4H,5-7H2,(H,13,15)(H,18,19,20);/q;+1. The summed E-state index contributed by atoms with van der Waals surface area (Å²) in [7, 11) is -4.30. The van der Waals surface area contributed by atoms with E-state index in [0.717, 1.165) is 4.90 Å². The SMILES string of the molecule is O=C(CCN1C(=O)c2ccccc2C1=O)NCS(=O)(=O)O.[K+]. The molecule has 3 amide bonds. The summed E-state index contributed by atoms with van der Waals surface area (Å²) in [6.07, 6.45) is -0.249. The monoisotopic (exact) mass is 351 g/mol. The Hall–Kier alpha value is -0.624. The van der Waals surface area contributed by atoms with Crippen molar-refractivity contribution in [1.82, 2.24) is 10.2 Å². The third-order valence-electron chi connectivity index (χ3n) is 2.89. The van der Waals surface area contributed by atoms with Gasteiger partial charge in [0.05, 0.1) is 11.1 Å². The van der Waals surface area contributed by atoms with Gasteiger partial charge in [-0.1, -0.05) is 12.1 Å². The van der Waals surface area contributed by atoms with Crippen LogP contribution in [0.3, 0.4) is 0 Å². The van der Waals surface area contributed by atoms with Crippen LogP contribution in [0.5, 0.6) is 0 Å². The van der Waals surface area contributed by atoms with Crippen LogP contribution in [0.15, 0.2) is 24.3 Å². The van der Waals surface area contributed by atoms with Gasteiger partial charge in [0.2, 0.25) is 5.91 Å². The molecule has 22 heavy (non-hydrogen) atoms. The van der Waals surface area contributed by atoms with Gasteiger partial charge >= 0.3 is 51.4 Å². The molecule has 8 nitrogen and oxygen atoms in total. The summed E-state index contributed by atoms with van der Waals surface area (Å²) in [4.78, 5) is 36.3. The number of amides is 3. The summed E-state index contributed by atoms with van der Waals surface area (Å²) >= 11 is 0. The van der Waals surface area contributed by atoms with Crippen molar-refractivity contribution in [3.63, 3.8) is 0 Å². The predicted octanol–water partition coefficient (Wildman–Crippen LogP) is -3.36. The van der Waals surface area contributed by atoms with Gasteiger partial charge in [-0.05, 0) is 12.1 Å². The van der Waals surface area contributed by atoms with Crippen molar-refractivity contribution in [2.24, 2.45) is 0 Å². The minimum atomic E-state index is -4.30. The minimum Gasteiger partial charge on any atom is -0.340 e. The number of rotatable bonds is 5. The van der Waals surface area contributed by atoms with Crippen molar-refractivity contribution in [2.75, 3.05) is 12.4 Å². The van der Waals surface area contributed by atoms with Gasteiger partial charge in [0.15, 0.2) is 0 Å². The summed E-state index contributed by atoms with van der Waals surface area (Å²) in [5.41, 5.74) is 0.557. The Labute approximate surface area is 169 Å². The molecule has 1 heterocycles. The number of nitrogens with zero attached hydrogens (tertiary/aromatic N) is 1. The molecule has 0 unspecified atom stereocenters. The second-order valence-electron chi connectivity index (χ2n) is 4.38. The molecular weight excluding hydrogens is 339 g/mol. The van der Waals surface area contributed by atoms with E-state index in [1.807, 2.05) is 5.32 Å². The molecule has 0 aliphatic carbocycles. The second-order valence-corrected chi connectivity index (χ2v) is 5.84. The molecule has 2 rings (SSSR count). The summed E-state index contributed by atoms with van der Waals surface area (Å²) in [6, 6.07) is 6.31. The number of nitrogens with one attached hydrogen (secondary N) is 1. The number of carbonyl (C=O) groups excluding carboxylic acids is 3. The first-order valence-electron chi connectivity index (χ1n) is 5.96. The van der Waals surface area contributed by atoms with Gasteiger partial charge in [0.25, 0.3) is 21.9 Å². The minimum absolute atomic E-state index is 0. The van der Waals surface area contributed by atoms with E-state index in [0.29, 0.717) is 0 Å². The van der Waals surface area contributed by atoms with E-state index in [-0.39, 0.29) is 75.5 Å². The van der Waals surface area contributed by atoms with Crippen LogP contribution in [0.2, 0.25) is 0 Å². The average Bonchev–Trinajstić information content (AvgIpc) is 2.67. The van der Waals surface area contributed by atoms with Crippen LogP contribution in [0.25, 0.3) is 0 Å². The molecule has 0 aromatic heterocycles. The smallest absolute Gasteiger partial charge is 0.340 e. The third-order valence-corrected chi connectivity index (χ3v) is 3.40. The largest absolute Gasteiger partial charge is 1.00 e. The molecular formula is C12H12KN2O6S+. The van der Waals surface area contributed by atoms with Crippen LogP contribution in [-0.2, 0) is 14.9 Å². The molecule has 0 saturated carbocycles. The Kier molecular flexibility index (Phi) is 6.86. The number of benzene rings is 1. The normalized spacial score (nSPS) is 13.6. The van der Waals surface area contributed by atoms with Crippen LogP contribution < -0.4 is 56.7 Å². The summed E-state index contributed by atoms with van der Waals surface area (Å²) in [5.74, 6) is -2.57. The van der Waals surface area contributed by atoms with Gasteiger partial charge in [-0.25, -0.2) is 0 Å². The van der Waals surface area contributed by atoms with Crippen molar-refractivity contribution in [2.45, 2.75) is 6.42 Å². The van der Waals surface area contributed by atoms with Crippen LogP contribution in [-0.4, -0.2) is 48.0 Å². The zero-order valence-corrected chi connectivity index (χ0v) is 15.7. The van der Waals surface area contributed by atoms with Gasteiger partial charge in [-0.15, -0.1) is 0 Å². The quantitative estimate of drug-likeness (QED) is 0.325. The van der Waals surface area contributed by atoms with Crippen molar-refractivity contribution in [3.05, 3.63) is 35.4 Å². The van der Waals surface area contributed by atoms with Crippen molar-refractivity contribution in [3.8, 4) is 0 Å². The van der Waals surface area contributed by atoms with Gasteiger partial charge < -0.3 is 5.32 Å². The number of imide groups is 1. The topological polar surface area (TPSA) is 121 Å². The summed E-state index contributed by atoms with van der Waals surface area (Å²) < 4.78 is 29.4. The Bertz CT molecular complexity index is 683. The molecule has 0 saturated heterocycles. The molecule has 2 N–H and O–H groups in total. The molecule has 0 bridgehead atoms. The zero-order chi connectivity index (χ0) is 15.6. The molecule has 10 heteroatoms. The van der Waals surface area contributed by atoms with E-state index < -0.39 is 33.7 Å². The fraction of sp³-hybridized carbons (Fsp3) is 0.250. The summed E-state index contributed by atoms with van der Waals surface area (Å²) in [6.45, 7) is -0.163. The first-order chi connectivity index (χ1) is 9.79. The molecule has 112 valence electrons. The van der Waals surface area contributed by atoms with Gasteiger partial charge in [0.1, 0.15) is 5.88 Å². The first-order valence-corrected chi connectivity index (χ1v) is 7.57. The van der Waals surface area contributed by atoms with Crippen LogP contribution in [0.1, 0.15) is 27.1 Å². The van der Waals surface area contributed by atoms with E-state index in [1.54, 1.807) is 12.1 Å². The van der Waals surface area contributed by atoms with E-state index in [1.165, 1.54) is 12.1 Å². The third kappa shape index (κ3) is 4.68. The van der Waals surface area contributed by atoms with E-state index in [4.69, 9.17) is 4.55 Å². The molecule has 1 aliphatic rings. The first kappa shape index (κ1) is 19.4. The Balaban J connectivity index is 0.00000242. The van der Waals surface area contributed by atoms with Crippen molar-refractivity contribution in [1.29, 1.82) is 0 Å². The molecule has 0 spiro atoms. The molecule has 0 radical (unpaired) electrons. The maximum atomic E-state index is 12.0. The Morgan fingerprint density at radius 1 is 1.14 bits per heavy atom. The number of fused-ring (bicyclic) bond motifs is 1. The maximum absolute atomic E-state index is 12.0. The van der Waals surface area contributed by atoms with Crippen LogP contribution >= 0.6 is 0 Å². The van der Waals surface area contributed by atoms with Crippen molar-refractivity contribution >= 4 is 27.8 Å². The molecule has 1 aromatic rings. The molecule has 1 aliphatic heterocycles. The number of hydrogen-bond acceptors (Lipinski definition) is 5. The maximum Gasteiger partial charge on any atom is 1.00 e. The van der Waals surface area contributed by atoms with Crippen LogP contribution in [0, 0.1) is 0 Å². The van der Waals surface area contributed by atoms with Gasteiger partial charge in [-0.3, -0.25) is 23.8 Å². The molecule has 1 aromatic carbocycles. The van der Waals surface area contributed by atoms with E-state index >= 15 is 0 Å². The van der Waals surface area contributed by atoms with Crippen LogP contribution in [0.4, 0.5) is 0 Å². The second kappa shape index (κ2) is 7.77.